The standard InChI is InChI=1S/C22H28N4S/c1-15(2)25-22(27)24-13-19(16-9-11-17(12-10-16)26(3)4)20-14-23-21-8-6-5-7-18(20)21/h5-12,14-15,19,23H,13H2,1-4H3,(H2,24,25,27)/t19-/m0/s1. The van der Waals surface area contributed by atoms with Crippen molar-refractivity contribution in [3.63, 3.8) is 0 Å². The number of para-hydroxylation sites is 1. The van der Waals surface area contributed by atoms with Gasteiger partial charge in [-0.3, -0.25) is 0 Å². The SMILES string of the molecule is CC(C)NC(=S)NC[C@@H](c1ccc(N(C)C)cc1)c1c[nH]c2ccccc12. The number of hydrogen-bond donors (Lipinski definition) is 3. The largest absolute Gasteiger partial charge is 0.378 e. The second-order valence-corrected chi connectivity index (χ2v) is 7.75. The summed E-state index contributed by atoms with van der Waals surface area (Å²) in [6.07, 6.45) is 2.12. The van der Waals surface area contributed by atoms with E-state index < -0.39 is 0 Å². The highest BCUT2D eigenvalue weighted by molar-refractivity contribution is 7.80. The van der Waals surface area contributed by atoms with Gasteiger partial charge >= 0.3 is 0 Å². The molecule has 27 heavy (non-hydrogen) atoms. The van der Waals surface area contributed by atoms with Crippen LogP contribution >= 0.6 is 12.2 Å². The lowest BCUT2D eigenvalue weighted by Crippen LogP contribution is -2.41. The maximum Gasteiger partial charge on any atom is 0.166 e. The molecule has 0 spiro atoms. The number of H-pyrrole nitrogens is 1. The molecule has 0 amide bonds. The molecule has 0 saturated heterocycles. The molecule has 0 saturated carbocycles. The van der Waals surface area contributed by atoms with Gasteiger partial charge in [0.15, 0.2) is 5.11 Å². The molecule has 0 radical (unpaired) electrons. The minimum Gasteiger partial charge on any atom is -0.378 e. The van der Waals surface area contributed by atoms with Gasteiger partial charge in [-0.05, 0) is 55.4 Å². The Hall–Kier alpha value is -2.53. The number of rotatable bonds is 6. The Morgan fingerprint density at radius 2 is 1.78 bits per heavy atom. The molecule has 5 heteroatoms. The van der Waals surface area contributed by atoms with E-state index in [-0.39, 0.29) is 5.92 Å². The second-order valence-electron chi connectivity index (χ2n) is 7.34. The van der Waals surface area contributed by atoms with Gasteiger partial charge in [0.2, 0.25) is 0 Å². The molecule has 0 unspecified atom stereocenters. The number of aromatic amines is 1. The van der Waals surface area contributed by atoms with E-state index in [1.807, 2.05) is 0 Å². The van der Waals surface area contributed by atoms with Gasteiger partial charge in [-0.15, -0.1) is 0 Å². The molecule has 0 aliphatic heterocycles. The first kappa shape index (κ1) is 19.2. The highest BCUT2D eigenvalue weighted by atomic mass is 32.1. The molecule has 4 nitrogen and oxygen atoms in total. The minimum atomic E-state index is 0.198. The number of thiocarbonyl (C=S) groups is 1. The number of aromatic nitrogens is 1. The molecule has 0 aliphatic carbocycles. The Kier molecular flexibility index (Phi) is 6.01. The van der Waals surface area contributed by atoms with Crippen LogP contribution in [0.5, 0.6) is 0 Å². The van der Waals surface area contributed by atoms with Gasteiger partial charge < -0.3 is 20.5 Å². The summed E-state index contributed by atoms with van der Waals surface area (Å²) < 4.78 is 0. The van der Waals surface area contributed by atoms with Crippen LogP contribution < -0.4 is 15.5 Å². The first-order chi connectivity index (χ1) is 13.0. The molecule has 1 heterocycles. The van der Waals surface area contributed by atoms with Gasteiger partial charge in [-0.2, -0.15) is 0 Å². The van der Waals surface area contributed by atoms with E-state index in [1.54, 1.807) is 0 Å². The summed E-state index contributed by atoms with van der Waals surface area (Å²) in [7, 11) is 4.12. The van der Waals surface area contributed by atoms with Crippen LogP contribution in [0.15, 0.2) is 54.7 Å². The molecule has 0 fully saturated rings. The summed E-state index contributed by atoms with van der Waals surface area (Å²) in [5, 5.41) is 8.61. The van der Waals surface area contributed by atoms with Crippen LogP contribution in [-0.4, -0.2) is 36.8 Å². The Morgan fingerprint density at radius 3 is 2.44 bits per heavy atom. The molecular formula is C22H28N4S. The normalized spacial score (nSPS) is 12.2. The van der Waals surface area contributed by atoms with E-state index >= 15 is 0 Å². The van der Waals surface area contributed by atoms with E-state index in [1.165, 1.54) is 22.2 Å². The summed E-state index contributed by atoms with van der Waals surface area (Å²) in [4.78, 5) is 5.52. The van der Waals surface area contributed by atoms with Crippen molar-refractivity contribution in [2.45, 2.75) is 25.8 Å². The third-order valence-electron chi connectivity index (χ3n) is 4.70. The van der Waals surface area contributed by atoms with Crippen molar-refractivity contribution in [2.24, 2.45) is 0 Å². The molecule has 3 aromatic rings. The van der Waals surface area contributed by atoms with Crippen molar-refractivity contribution in [1.29, 1.82) is 0 Å². The van der Waals surface area contributed by atoms with Gasteiger partial charge in [0.25, 0.3) is 0 Å². The molecule has 0 aliphatic rings. The second kappa shape index (κ2) is 8.44. The van der Waals surface area contributed by atoms with Crippen LogP contribution in [0.1, 0.15) is 30.9 Å². The third kappa shape index (κ3) is 4.61. The van der Waals surface area contributed by atoms with Crippen LogP contribution in [0.3, 0.4) is 0 Å². The van der Waals surface area contributed by atoms with E-state index in [4.69, 9.17) is 12.2 Å². The van der Waals surface area contributed by atoms with Gasteiger partial charge in [-0.25, -0.2) is 0 Å². The average molecular weight is 381 g/mol. The highest BCUT2D eigenvalue weighted by Gasteiger charge is 2.19. The fourth-order valence-electron chi connectivity index (χ4n) is 3.30. The highest BCUT2D eigenvalue weighted by Crippen LogP contribution is 2.31. The minimum absolute atomic E-state index is 0.198. The number of nitrogens with one attached hydrogen (secondary N) is 3. The molecule has 1 aromatic heterocycles. The summed E-state index contributed by atoms with van der Waals surface area (Å²) in [6.45, 7) is 4.91. The topological polar surface area (TPSA) is 43.1 Å². The molecule has 3 rings (SSSR count). The van der Waals surface area contributed by atoms with Crippen LogP contribution in [0, 0.1) is 0 Å². The van der Waals surface area contributed by atoms with Crippen molar-refractivity contribution < 1.29 is 0 Å². The van der Waals surface area contributed by atoms with Crippen LogP contribution in [0.4, 0.5) is 5.69 Å². The van der Waals surface area contributed by atoms with Crippen molar-refractivity contribution in [1.82, 2.24) is 15.6 Å². The molecule has 1 atom stereocenters. The monoisotopic (exact) mass is 380 g/mol. The van der Waals surface area contributed by atoms with Crippen molar-refractivity contribution in [3.8, 4) is 0 Å². The van der Waals surface area contributed by atoms with Gasteiger partial charge in [0, 0.05) is 55.4 Å². The van der Waals surface area contributed by atoms with Crippen molar-refractivity contribution in [2.75, 3.05) is 25.5 Å². The van der Waals surface area contributed by atoms with Gasteiger partial charge in [0.05, 0.1) is 0 Å². The number of nitrogens with zero attached hydrogens (tertiary/aromatic N) is 1. The quantitative estimate of drug-likeness (QED) is 0.560. The van der Waals surface area contributed by atoms with Gasteiger partial charge in [0.1, 0.15) is 0 Å². The van der Waals surface area contributed by atoms with Gasteiger partial charge in [-0.1, -0.05) is 30.3 Å². The number of hydrogen-bond acceptors (Lipinski definition) is 2. The number of benzene rings is 2. The third-order valence-corrected chi connectivity index (χ3v) is 4.96. The Balaban J connectivity index is 1.92. The smallest absolute Gasteiger partial charge is 0.166 e. The Morgan fingerprint density at radius 1 is 1.07 bits per heavy atom. The van der Waals surface area contributed by atoms with E-state index in [9.17, 15) is 0 Å². The first-order valence-electron chi connectivity index (χ1n) is 9.33. The molecular weight excluding hydrogens is 352 g/mol. The maximum atomic E-state index is 5.44. The summed E-state index contributed by atoms with van der Waals surface area (Å²) in [5.74, 6) is 0.198. The fraction of sp³-hybridized carbons (Fsp3) is 0.318. The molecule has 142 valence electrons. The number of anilines is 1. The Labute approximate surface area is 167 Å². The average Bonchev–Trinajstić information content (AvgIpc) is 3.06. The number of fused-ring (bicyclic) bond motifs is 1. The zero-order valence-electron chi connectivity index (χ0n) is 16.4. The van der Waals surface area contributed by atoms with Crippen molar-refractivity contribution >= 4 is 33.9 Å². The van der Waals surface area contributed by atoms with Crippen molar-refractivity contribution in [3.05, 3.63) is 65.9 Å². The van der Waals surface area contributed by atoms with Crippen LogP contribution in [-0.2, 0) is 0 Å². The predicted molar refractivity (Wildman–Crippen MR) is 120 cm³/mol. The molecule has 3 N–H and O–H groups in total. The molecule has 2 aromatic carbocycles. The lowest BCUT2D eigenvalue weighted by Gasteiger charge is -2.21. The summed E-state index contributed by atoms with van der Waals surface area (Å²) in [5.41, 5.74) is 4.90. The molecule has 0 bridgehead atoms. The van der Waals surface area contributed by atoms with Crippen LogP contribution in [0.2, 0.25) is 0 Å². The zero-order valence-corrected chi connectivity index (χ0v) is 17.2. The van der Waals surface area contributed by atoms with E-state index in [2.05, 4.69) is 103 Å². The predicted octanol–water partition coefficient (Wildman–Crippen LogP) is 4.24. The summed E-state index contributed by atoms with van der Waals surface area (Å²) >= 11 is 5.44. The zero-order chi connectivity index (χ0) is 19.4. The maximum absolute atomic E-state index is 5.44. The Bertz CT molecular complexity index is 896. The van der Waals surface area contributed by atoms with E-state index in [0.717, 1.165) is 12.1 Å². The fourth-order valence-corrected chi connectivity index (χ4v) is 3.62. The first-order valence-corrected chi connectivity index (χ1v) is 9.74. The lowest BCUT2D eigenvalue weighted by molar-refractivity contribution is 0.693. The summed E-state index contributed by atoms with van der Waals surface area (Å²) in [6, 6.07) is 17.5. The lowest BCUT2D eigenvalue weighted by atomic mass is 9.90. The van der Waals surface area contributed by atoms with Crippen LogP contribution in [0.25, 0.3) is 10.9 Å². The van der Waals surface area contributed by atoms with E-state index in [0.29, 0.717) is 11.2 Å².